The maximum absolute atomic E-state index is 11.1. The topological polar surface area (TPSA) is 55.4 Å². The molecule has 110 valence electrons. The van der Waals surface area contributed by atoms with Crippen molar-refractivity contribution in [3.05, 3.63) is 28.8 Å². The molecule has 0 spiro atoms. The van der Waals surface area contributed by atoms with Gasteiger partial charge in [-0.1, -0.05) is 17.7 Å². The summed E-state index contributed by atoms with van der Waals surface area (Å²) in [6.07, 6.45) is 2.10. The Kier molecular flexibility index (Phi) is 3.93. The summed E-state index contributed by atoms with van der Waals surface area (Å²) in [5, 5.41) is 3.95. The molecule has 20 heavy (non-hydrogen) atoms. The van der Waals surface area contributed by atoms with Crippen LogP contribution in [-0.4, -0.2) is 39.1 Å². The maximum Gasteiger partial charge on any atom is 0.157 e. The van der Waals surface area contributed by atoms with Crippen LogP contribution in [0.2, 0.25) is 5.02 Å². The van der Waals surface area contributed by atoms with Gasteiger partial charge in [0.05, 0.1) is 16.5 Å². The van der Waals surface area contributed by atoms with Crippen molar-refractivity contribution < 1.29 is 13.2 Å². The maximum atomic E-state index is 11.1. The van der Waals surface area contributed by atoms with Crippen LogP contribution < -0.4 is 10.1 Å². The number of hydrogen-bond donors (Lipinski definition) is 1. The van der Waals surface area contributed by atoms with Crippen LogP contribution in [0.25, 0.3) is 0 Å². The van der Waals surface area contributed by atoms with Gasteiger partial charge >= 0.3 is 0 Å². The zero-order valence-electron chi connectivity index (χ0n) is 11.1. The monoisotopic (exact) mass is 315 g/mol. The highest BCUT2D eigenvalue weighted by molar-refractivity contribution is 7.92. The molecule has 1 aromatic carbocycles. The minimum absolute atomic E-state index is 0.0949. The SMILES string of the molecule is O=S1(=O)CC(Oc2ccc(C3CCCNC3)cc2Cl)C1. The average Bonchev–Trinajstić information content (AvgIpc) is 2.40. The van der Waals surface area contributed by atoms with Crippen LogP contribution in [0.3, 0.4) is 0 Å². The van der Waals surface area contributed by atoms with Gasteiger partial charge in [-0.05, 0) is 43.0 Å². The van der Waals surface area contributed by atoms with Crippen LogP contribution in [0, 0.1) is 0 Å². The van der Waals surface area contributed by atoms with Crippen molar-refractivity contribution in [1.82, 2.24) is 5.32 Å². The summed E-state index contributed by atoms with van der Waals surface area (Å²) in [5.41, 5.74) is 1.22. The third-order valence-electron chi connectivity index (χ3n) is 3.90. The lowest BCUT2D eigenvalue weighted by atomic mass is 9.92. The number of ether oxygens (including phenoxy) is 1. The summed E-state index contributed by atoms with van der Waals surface area (Å²) in [5.74, 6) is 1.27. The van der Waals surface area contributed by atoms with E-state index in [0.717, 1.165) is 13.1 Å². The fraction of sp³-hybridized carbons (Fsp3) is 0.571. The summed E-state index contributed by atoms with van der Waals surface area (Å²) in [6.45, 7) is 2.07. The Morgan fingerprint density at radius 2 is 2.10 bits per heavy atom. The molecule has 0 aliphatic carbocycles. The van der Waals surface area contributed by atoms with Crippen molar-refractivity contribution in [3.63, 3.8) is 0 Å². The first kappa shape index (κ1) is 14.2. The van der Waals surface area contributed by atoms with Gasteiger partial charge in [0, 0.05) is 6.54 Å². The second-order valence-corrected chi connectivity index (χ2v) is 8.11. The molecule has 2 heterocycles. The smallest absolute Gasteiger partial charge is 0.157 e. The average molecular weight is 316 g/mol. The highest BCUT2D eigenvalue weighted by Gasteiger charge is 2.35. The molecule has 0 bridgehead atoms. The van der Waals surface area contributed by atoms with Gasteiger partial charge in [-0.25, -0.2) is 8.42 Å². The van der Waals surface area contributed by atoms with Gasteiger partial charge in [0.15, 0.2) is 9.84 Å². The molecule has 3 rings (SSSR count). The molecule has 2 aliphatic rings. The second-order valence-electron chi connectivity index (χ2n) is 5.55. The number of benzene rings is 1. The molecular weight excluding hydrogens is 298 g/mol. The highest BCUT2D eigenvalue weighted by Crippen LogP contribution is 2.32. The first-order valence-electron chi connectivity index (χ1n) is 6.91. The second kappa shape index (κ2) is 5.54. The Hall–Kier alpha value is -0.780. The molecule has 0 radical (unpaired) electrons. The fourth-order valence-corrected chi connectivity index (χ4v) is 4.17. The van der Waals surface area contributed by atoms with Crippen LogP contribution in [0.15, 0.2) is 18.2 Å². The van der Waals surface area contributed by atoms with E-state index >= 15 is 0 Å². The quantitative estimate of drug-likeness (QED) is 0.926. The summed E-state index contributed by atoms with van der Waals surface area (Å²) >= 11 is 6.25. The Morgan fingerprint density at radius 1 is 1.30 bits per heavy atom. The summed E-state index contributed by atoms with van der Waals surface area (Å²) in [4.78, 5) is 0. The Bertz CT molecular complexity index is 584. The fourth-order valence-electron chi connectivity index (χ4n) is 2.77. The van der Waals surface area contributed by atoms with Gasteiger partial charge < -0.3 is 10.1 Å². The minimum atomic E-state index is -2.87. The normalized spacial score (nSPS) is 25.9. The van der Waals surface area contributed by atoms with E-state index in [4.69, 9.17) is 16.3 Å². The molecule has 2 saturated heterocycles. The molecular formula is C14H18ClNO3S. The number of halogens is 1. The van der Waals surface area contributed by atoms with E-state index in [2.05, 4.69) is 5.32 Å². The van der Waals surface area contributed by atoms with E-state index in [1.165, 1.54) is 18.4 Å². The first-order valence-corrected chi connectivity index (χ1v) is 9.11. The lowest BCUT2D eigenvalue weighted by Crippen LogP contribution is -2.45. The zero-order valence-corrected chi connectivity index (χ0v) is 12.7. The van der Waals surface area contributed by atoms with Crippen LogP contribution in [-0.2, 0) is 9.84 Å². The van der Waals surface area contributed by atoms with Crippen molar-refractivity contribution >= 4 is 21.4 Å². The van der Waals surface area contributed by atoms with Gasteiger partial charge in [0.1, 0.15) is 11.9 Å². The van der Waals surface area contributed by atoms with E-state index in [-0.39, 0.29) is 17.6 Å². The van der Waals surface area contributed by atoms with Crippen LogP contribution in [0.4, 0.5) is 0 Å². The zero-order chi connectivity index (χ0) is 14.2. The largest absolute Gasteiger partial charge is 0.487 e. The van der Waals surface area contributed by atoms with Crippen molar-refractivity contribution in [2.45, 2.75) is 24.9 Å². The lowest BCUT2D eigenvalue weighted by molar-refractivity contribution is 0.230. The van der Waals surface area contributed by atoms with Crippen LogP contribution in [0.5, 0.6) is 5.75 Å². The van der Waals surface area contributed by atoms with Gasteiger partial charge in [-0.2, -0.15) is 0 Å². The van der Waals surface area contributed by atoms with Gasteiger partial charge in [-0.3, -0.25) is 0 Å². The van der Waals surface area contributed by atoms with Gasteiger partial charge in [0.25, 0.3) is 0 Å². The lowest BCUT2D eigenvalue weighted by Gasteiger charge is -2.27. The Balaban J connectivity index is 1.68. The molecule has 1 unspecified atom stereocenters. The molecule has 0 amide bonds. The van der Waals surface area contributed by atoms with Crippen molar-refractivity contribution in [2.24, 2.45) is 0 Å². The standard InChI is InChI=1S/C14H18ClNO3S/c15-13-6-10(11-2-1-5-16-7-11)3-4-14(13)19-12-8-20(17,18)9-12/h3-4,6,11-12,16H,1-2,5,7-9H2. The highest BCUT2D eigenvalue weighted by atomic mass is 35.5. The van der Waals surface area contributed by atoms with Crippen molar-refractivity contribution in [1.29, 1.82) is 0 Å². The molecule has 2 fully saturated rings. The van der Waals surface area contributed by atoms with Crippen LogP contribution in [0.1, 0.15) is 24.3 Å². The van der Waals surface area contributed by atoms with E-state index in [9.17, 15) is 8.42 Å². The molecule has 1 aromatic rings. The summed E-state index contributed by atoms with van der Waals surface area (Å²) in [6, 6.07) is 5.84. The molecule has 6 heteroatoms. The van der Waals surface area contributed by atoms with E-state index in [1.54, 1.807) is 0 Å². The predicted octanol–water partition coefficient (Wildman–Crippen LogP) is 1.98. The van der Waals surface area contributed by atoms with Crippen LogP contribution >= 0.6 is 11.6 Å². The number of piperidine rings is 1. The Labute approximate surface area is 124 Å². The molecule has 1 N–H and O–H groups in total. The minimum Gasteiger partial charge on any atom is -0.487 e. The summed E-state index contributed by atoms with van der Waals surface area (Å²) < 4.78 is 27.9. The van der Waals surface area contributed by atoms with Gasteiger partial charge in [-0.15, -0.1) is 0 Å². The third-order valence-corrected chi connectivity index (χ3v) is 5.95. The number of hydrogen-bond acceptors (Lipinski definition) is 4. The van der Waals surface area contributed by atoms with E-state index in [0.29, 0.717) is 16.7 Å². The summed E-state index contributed by atoms with van der Waals surface area (Å²) in [7, 11) is -2.87. The Morgan fingerprint density at radius 3 is 2.70 bits per heavy atom. The van der Waals surface area contributed by atoms with E-state index in [1.807, 2.05) is 18.2 Å². The molecule has 0 aromatic heterocycles. The van der Waals surface area contributed by atoms with Crippen molar-refractivity contribution in [2.75, 3.05) is 24.6 Å². The molecule has 0 saturated carbocycles. The van der Waals surface area contributed by atoms with Crippen molar-refractivity contribution in [3.8, 4) is 5.75 Å². The predicted molar refractivity (Wildman–Crippen MR) is 79.4 cm³/mol. The number of nitrogens with one attached hydrogen (secondary N) is 1. The van der Waals surface area contributed by atoms with Gasteiger partial charge in [0.2, 0.25) is 0 Å². The number of rotatable bonds is 3. The third kappa shape index (κ3) is 3.10. The molecule has 4 nitrogen and oxygen atoms in total. The molecule has 1 atom stereocenters. The van der Waals surface area contributed by atoms with E-state index < -0.39 is 9.84 Å². The molecule has 2 aliphatic heterocycles. The first-order chi connectivity index (χ1) is 9.53. The number of sulfone groups is 1.